The standard InChI is InChI=1S/C18H21NO3/c1-14(2)12-17(20)16-10-6-7-11-19(16)18(21)22-13-15-8-4-3-5-9-15/h3-5,8-10,12H,6-7,11,13H2,1-2H3. The molecule has 0 atom stereocenters. The number of hydrogen-bond donors (Lipinski definition) is 0. The van der Waals surface area contributed by atoms with Crippen molar-refractivity contribution >= 4 is 11.9 Å². The molecule has 0 N–H and O–H groups in total. The molecule has 0 spiro atoms. The van der Waals surface area contributed by atoms with Crippen molar-refractivity contribution in [3.05, 3.63) is 59.3 Å². The number of carbonyl (C=O) groups is 2. The van der Waals surface area contributed by atoms with Gasteiger partial charge in [-0.1, -0.05) is 42.0 Å². The highest BCUT2D eigenvalue weighted by molar-refractivity contribution is 6.05. The van der Waals surface area contributed by atoms with Gasteiger partial charge in [0.1, 0.15) is 6.61 Å². The maximum atomic E-state index is 12.3. The number of ether oxygens (including phenoxy) is 1. The Kier molecular flexibility index (Phi) is 5.53. The summed E-state index contributed by atoms with van der Waals surface area (Å²) in [4.78, 5) is 25.9. The van der Waals surface area contributed by atoms with Crippen LogP contribution in [-0.4, -0.2) is 23.3 Å². The highest BCUT2D eigenvalue weighted by Crippen LogP contribution is 2.18. The van der Waals surface area contributed by atoms with E-state index in [-0.39, 0.29) is 12.4 Å². The summed E-state index contributed by atoms with van der Waals surface area (Å²) < 4.78 is 5.33. The molecule has 1 amide bonds. The van der Waals surface area contributed by atoms with Crippen LogP contribution < -0.4 is 0 Å². The van der Waals surface area contributed by atoms with E-state index in [0.29, 0.717) is 12.2 Å². The Morgan fingerprint density at radius 3 is 2.64 bits per heavy atom. The molecule has 0 radical (unpaired) electrons. The summed E-state index contributed by atoms with van der Waals surface area (Å²) in [6.07, 6.45) is 4.54. The fourth-order valence-corrected chi connectivity index (χ4v) is 2.28. The van der Waals surface area contributed by atoms with Gasteiger partial charge in [0.2, 0.25) is 5.78 Å². The van der Waals surface area contributed by atoms with E-state index in [4.69, 9.17) is 4.74 Å². The lowest BCUT2D eigenvalue weighted by molar-refractivity contribution is -0.112. The van der Waals surface area contributed by atoms with Gasteiger partial charge in [0, 0.05) is 6.54 Å². The Morgan fingerprint density at radius 2 is 1.95 bits per heavy atom. The van der Waals surface area contributed by atoms with E-state index >= 15 is 0 Å². The molecule has 1 aliphatic heterocycles. The summed E-state index contributed by atoms with van der Waals surface area (Å²) >= 11 is 0. The topological polar surface area (TPSA) is 46.6 Å². The Bertz CT molecular complexity index is 598. The molecule has 1 aromatic carbocycles. The molecule has 1 aromatic rings. The molecule has 0 unspecified atom stereocenters. The van der Waals surface area contributed by atoms with Gasteiger partial charge in [-0.2, -0.15) is 0 Å². The highest BCUT2D eigenvalue weighted by atomic mass is 16.6. The molecule has 0 saturated heterocycles. The SMILES string of the molecule is CC(C)=CC(=O)C1=CCCCN1C(=O)OCc1ccccc1. The van der Waals surface area contributed by atoms with Crippen LogP contribution in [0.5, 0.6) is 0 Å². The average Bonchev–Trinajstić information content (AvgIpc) is 2.53. The van der Waals surface area contributed by atoms with Gasteiger partial charge in [0.25, 0.3) is 0 Å². The van der Waals surface area contributed by atoms with E-state index in [2.05, 4.69) is 0 Å². The van der Waals surface area contributed by atoms with Gasteiger partial charge in [-0.3, -0.25) is 9.69 Å². The van der Waals surface area contributed by atoms with Gasteiger partial charge in [0.15, 0.2) is 0 Å². The summed E-state index contributed by atoms with van der Waals surface area (Å²) in [6, 6.07) is 9.50. The van der Waals surface area contributed by atoms with Crippen LogP contribution >= 0.6 is 0 Å². The summed E-state index contributed by atoms with van der Waals surface area (Å²) in [5, 5.41) is 0. The number of amides is 1. The number of benzene rings is 1. The largest absolute Gasteiger partial charge is 0.444 e. The smallest absolute Gasteiger partial charge is 0.414 e. The average molecular weight is 299 g/mol. The van der Waals surface area contributed by atoms with Crippen LogP contribution in [0, 0.1) is 0 Å². The first kappa shape index (κ1) is 16.0. The minimum atomic E-state index is -0.467. The third-order valence-electron chi connectivity index (χ3n) is 3.31. The Morgan fingerprint density at radius 1 is 1.23 bits per heavy atom. The lowest BCUT2D eigenvalue weighted by atomic mass is 10.1. The molecular formula is C18H21NO3. The molecule has 4 nitrogen and oxygen atoms in total. The number of hydrogen-bond acceptors (Lipinski definition) is 3. The molecule has 2 rings (SSSR count). The zero-order valence-electron chi connectivity index (χ0n) is 13.0. The summed E-state index contributed by atoms with van der Waals surface area (Å²) in [5.74, 6) is -0.142. The van der Waals surface area contributed by atoms with Crippen molar-refractivity contribution in [2.75, 3.05) is 6.54 Å². The van der Waals surface area contributed by atoms with Crippen molar-refractivity contribution in [2.45, 2.75) is 33.3 Å². The second-order valence-electron chi connectivity index (χ2n) is 5.51. The fraction of sp³-hybridized carbons (Fsp3) is 0.333. The zero-order chi connectivity index (χ0) is 15.9. The van der Waals surface area contributed by atoms with Gasteiger partial charge in [-0.25, -0.2) is 4.79 Å². The molecule has 116 valence electrons. The molecule has 4 heteroatoms. The third-order valence-corrected chi connectivity index (χ3v) is 3.31. The lowest BCUT2D eigenvalue weighted by Crippen LogP contribution is -2.36. The summed E-state index contributed by atoms with van der Waals surface area (Å²) in [6.45, 7) is 4.45. The van der Waals surface area contributed by atoms with Crippen LogP contribution in [0.4, 0.5) is 4.79 Å². The molecule has 0 bridgehead atoms. The van der Waals surface area contributed by atoms with E-state index in [0.717, 1.165) is 24.0 Å². The van der Waals surface area contributed by atoms with Crippen molar-refractivity contribution < 1.29 is 14.3 Å². The van der Waals surface area contributed by atoms with Crippen molar-refractivity contribution in [1.82, 2.24) is 4.90 Å². The van der Waals surface area contributed by atoms with Crippen molar-refractivity contribution in [1.29, 1.82) is 0 Å². The molecule has 1 aliphatic rings. The third kappa shape index (κ3) is 4.32. The first-order chi connectivity index (χ1) is 10.6. The number of ketones is 1. The lowest BCUT2D eigenvalue weighted by Gasteiger charge is -2.26. The number of allylic oxidation sites excluding steroid dienone is 3. The molecule has 0 saturated carbocycles. The van der Waals surface area contributed by atoms with E-state index in [1.807, 2.05) is 50.3 Å². The van der Waals surface area contributed by atoms with Gasteiger partial charge < -0.3 is 4.74 Å². The van der Waals surface area contributed by atoms with Crippen LogP contribution in [0.3, 0.4) is 0 Å². The molecular weight excluding hydrogens is 278 g/mol. The van der Waals surface area contributed by atoms with E-state index < -0.39 is 6.09 Å². The predicted molar refractivity (Wildman–Crippen MR) is 85.1 cm³/mol. The van der Waals surface area contributed by atoms with E-state index in [9.17, 15) is 9.59 Å². The van der Waals surface area contributed by atoms with Gasteiger partial charge >= 0.3 is 6.09 Å². The second-order valence-corrected chi connectivity index (χ2v) is 5.51. The number of nitrogens with zero attached hydrogens (tertiary/aromatic N) is 1. The van der Waals surface area contributed by atoms with Gasteiger partial charge in [-0.15, -0.1) is 0 Å². The van der Waals surface area contributed by atoms with Crippen LogP contribution in [0.1, 0.15) is 32.3 Å². The number of rotatable bonds is 4. The second kappa shape index (κ2) is 7.59. The Labute approximate surface area is 131 Å². The van der Waals surface area contributed by atoms with E-state index in [1.165, 1.54) is 4.90 Å². The monoisotopic (exact) mass is 299 g/mol. The molecule has 0 fully saturated rings. The zero-order valence-corrected chi connectivity index (χ0v) is 13.0. The van der Waals surface area contributed by atoms with Crippen LogP contribution in [0.15, 0.2) is 53.8 Å². The Balaban J connectivity index is 2.03. The van der Waals surface area contributed by atoms with Crippen molar-refractivity contribution in [3.8, 4) is 0 Å². The van der Waals surface area contributed by atoms with Crippen molar-refractivity contribution in [2.24, 2.45) is 0 Å². The molecule has 1 heterocycles. The predicted octanol–water partition coefficient (Wildman–Crippen LogP) is 3.84. The summed E-state index contributed by atoms with van der Waals surface area (Å²) in [5.41, 5.74) is 2.26. The normalized spacial score (nSPS) is 14.1. The van der Waals surface area contributed by atoms with Gasteiger partial charge in [-0.05, 0) is 38.3 Å². The fourth-order valence-electron chi connectivity index (χ4n) is 2.28. The maximum absolute atomic E-state index is 12.3. The minimum Gasteiger partial charge on any atom is -0.444 e. The first-order valence-corrected chi connectivity index (χ1v) is 7.45. The minimum absolute atomic E-state index is 0.142. The van der Waals surface area contributed by atoms with Crippen LogP contribution in [-0.2, 0) is 16.1 Å². The molecule has 0 aromatic heterocycles. The van der Waals surface area contributed by atoms with Crippen molar-refractivity contribution in [3.63, 3.8) is 0 Å². The first-order valence-electron chi connectivity index (χ1n) is 7.45. The Hall–Kier alpha value is -2.36. The van der Waals surface area contributed by atoms with E-state index in [1.54, 1.807) is 6.08 Å². The number of carbonyl (C=O) groups excluding carboxylic acids is 2. The highest BCUT2D eigenvalue weighted by Gasteiger charge is 2.25. The van der Waals surface area contributed by atoms with Crippen LogP contribution in [0.25, 0.3) is 0 Å². The van der Waals surface area contributed by atoms with Gasteiger partial charge in [0.05, 0.1) is 5.70 Å². The molecule has 0 aliphatic carbocycles. The molecule has 22 heavy (non-hydrogen) atoms. The summed E-state index contributed by atoms with van der Waals surface area (Å²) in [7, 11) is 0. The quantitative estimate of drug-likeness (QED) is 0.794. The van der Waals surface area contributed by atoms with Crippen LogP contribution in [0.2, 0.25) is 0 Å². The maximum Gasteiger partial charge on any atom is 0.414 e.